The van der Waals surface area contributed by atoms with Crippen LogP contribution in [0.5, 0.6) is 5.75 Å². The van der Waals surface area contributed by atoms with Crippen molar-refractivity contribution in [3.8, 4) is 17.0 Å². The number of nitrogens with zero attached hydrogens (tertiary/aromatic N) is 2. The van der Waals surface area contributed by atoms with Gasteiger partial charge in [-0.05, 0) is 47.1 Å². The van der Waals surface area contributed by atoms with Crippen molar-refractivity contribution in [1.82, 2.24) is 9.55 Å². The quantitative estimate of drug-likeness (QED) is 0.947. The highest BCUT2D eigenvalue weighted by atomic mass is 79.9. The summed E-state index contributed by atoms with van der Waals surface area (Å²) < 4.78 is 8.00. The lowest BCUT2D eigenvalue weighted by Crippen LogP contribution is -1.98. The summed E-state index contributed by atoms with van der Waals surface area (Å²) in [5.41, 5.74) is 7.77. The number of nitrogens with two attached hydrogens (primary N) is 1. The molecule has 0 saturated heterocycles. The van der Waals surface area contributed by atoms with Gasteiger partial charge in [0, 0.05) is 12.6 Å². The molecule has 0 amide bonds. The van der Waals surface area contributed by atoms with Gasteiger partial charge in [0.15, 0.2) is 0 Å². The predicted octanol–water partition coefficient (Wildman–Crippen LogP) is 2.83. The molecule has 0 atom stereocenters. The van der Waals surface area contributed by atoms with Gasteiger partial charge < -0.3 is 15.0 Å². The van der Waals surface area contributed by atoms with Crippen LogP contribution >= 0.6 is 15.9 Å². The number of anilines is 1. The van der Waals surface area contributed by atoms with Crippen molar-refractivity contribution in [2.24, 2.45) is 7.05 Å². The molecule has 0 aliphatic heterocycles. The Hall–Kier alpha value is -1.49. The van der Waals surface area contributed by atoms with Crippen molar-refractivity contribution in [2.45, 2.75) is 6.92 Å². The van der Waals surface area contributed by atoms with Gasteiger partial charge in [-0.3, -0.25) is 0 Å². The fourth-order valence-electron chi connectivity index (χ4n) is 1.67. The van der Waals surface area contributed by atoms with Crippen LogP contribution in [0.3, 0.4) is 0 Å². The Morgan fingerprint density at radius 2 is 2.00 bits per heavy atom. The van der Waals surface area contributed by atoms with Gasteiger partial charge in [-0.1, -0.05) is 0 Å². The van der Waals surface area contributed by atoms with Gasteiger partial charge in [-0.2, -0.15) is 0 Å². The van der Waals surface area contributed by atoms with Gasteiger partial charge >= 0.3 is 0 Å². The molecule has 0 aliphatic carbocycles. The molecule has 0 spiro atoms. The summed E-state index contributed by atoms with van der Waals surface area (Å²) in [6, 6.07) is 7.86. The molecule has 0 aliphatic rings. The second-order valence-corrected chi connectivity index (χ2v) is 4.38. The molecule has 2 N–H and O–H groups in total. The van der Waals surface area contributed by atoms with E-state index in [0.29, 0.717) is 12.6 Å². The second-order valence-electron chi connectivity index (χ2n) is 3.63. The molecule has 1 aromatic carbocycles. The third kappa shape index (κ3) is 2.29. The van der Waals surface area contributed by atoms with Gasteiger partial charge in [-0.25, -0.2) is 4.98 Å². The summed E-state index contributed by atoms with van der Waals surface area (Å²) in [5, 5.41) is 0. The smallest absolute Gasteiger partial charge is 0.201 e. The van der Waals surface area contributed by atoms with Crippen molar-refractivity contribution >= 4 is 21.9 Å². The second kappa shape index (κ2) is 4.79. The molecule has 2 rings (SSSR count). The van der Waals surface area contributed by atoms with E-state index in [1.54, 1.807) is 0 Å². The molecule has 0 unspecified atom stereocenters. The minimum atomic E-state index is 0.487. The average molecular weight is 296 g/mol. The first kappa shape index (κ1) is 12.0. The Bertz CT molecular complexity index is 519. The Balaban J connectivity index is 2.39. The van der Waals surface area contributed by atoms with Crippen LogP contribution in [0, 0.1) is 0 Å². The van der Waals surface area contributed by atoms with Gasteiger partial charge in [-0.15, -0.1) is 0 Å². The van der Waals surface area contributed by atoms with Gasteiger partial charge in [0.1, 0.15) is 10.4 Å². The molecule has 0 bridgehead atoms. The third-order valence-electron chi connectivity index (χ3n) is 2.53. The summed E-state index contributed by atoms with van der Waals surface area (Å²) in [6.07, 6.45) is 0. The number of ether oxygens (including phenoxy) is 1. The molecule has 0 saturated carbocycles. The maximum atomic E-state index is 5.75. The Kier molecular flexibility index (Phi) is 3.38. The van der Waals surface area contributed by atoms with E-state index >= 15 is 0 Å². The van der Waals surface area contributed by atoms with E-state index in [4.69, 9.17) is 10.5 Å². The lowest BCUT2D eigenvalue weighted by molar-refractivity contribution is 0.340. The SMILES string of the molecule is CCOc1ccc(-c2c(Br)nc(N)n2C)cc1. The number of imidazole rings is 1. The highest BCUT2D eigenvalue weighted by molar-refractivity contribution is 9.10. The number of benzene rings is 1. The van der Waals surface area contributed by atoms with Crippen LogP contribution in [0.25, 0.3) is 11.3 Å². The Morgan fingerprint density at radius 1 is 1.35 bits per heavy atom. The van der Waals surface area contributed by atoms with Crippen LogP contribution in [0.2, 0.25) is 0 Å². The normalized spacial score (nSPS) is 10.5. The summed E-state index contributed by atoms with van der Waals surface area (Å²) >= 11 is 3.41. The number of hydrogen-bond acceptors (Lipinski definition) is 3. The zero-order valence-corrected chi connectivity index (χ0v) is 11.4. The van der Waals surface area contributed by atoms with Crippen LogP contribution < -0.4 is 10.5 Å². The molecule has 5 heteroatoms. The Morgan fingerprint density at radius 3 is 2.47 bits per heavy atom. The Labute approximate surface area is 109 Å². The monoisotopic (exact) mass is 295 g/mol. The van der Waals surface area contributed by atoms with Crippen molar-refractivity contribution in [3.05, 3.63) is 28.9 Å². The average Bonchev–Trinajstić information content (AvgIpc) is 2.55. The van der Waals surface area contributed by atoms with E-state index in [-0.39, 0.29) is 0 Å². The van der Waals surface area contributed by atoms with Crippen molar-refractivity contribution in [1.29, 1.82) is 0 Å². The van der Waals surface area contributed by atoms with E-state index in [1.807, 2.05) is 42.8 Å². The molecule has 1 aromatic heterocycles. The first-order valence-corrected chi connectivity index (χ1v) is 6.13. The number of rotatable bonds is 3. The van der Waals surface area contributed by atoms with E-state index in [9.17, 15) is 0 Å². The van der Waals surface area contributed by atoms with Crippen LogP contribution in [-0.2, 0) is 7.05 Å². The van der Waals surface area contributed by atoms with Crippen LogP contribution in [0.4, 0.5) is 5.95 Å². The van der Waals surface area contributed by atoms with E-state index in [1.165, 1.54) is 0 Å². The molecule has 0 radical (unpaired) electrons. The largest absolute Gasteiger partial charge is 0.494 e. The van der Waals surface area contributed by atoms with Crippen molar-refractivity contribution in [3.63, 3.8) is 0 Å². The van der Waals surface area contributed by atoms with Crippen LogP contribution in [0.1, 0.15) is 6.92 Å². The number of halogens is 1. The molecular weight excluding hydrogens is 282 g/mol. The highest BCUT2D eigenvalue weighted by Gasteiger charge is 2.12. The zero-order chi connectivity index (χ0) is 12.4. The molecule has 90 valence electrons. The number of hydrogen-bond donors (Lipinski definition) is 1. The molecule has 17 heavy (non-hydrogen) atoms. The minimum absolute atomic E-state index is 0.487. The van der Waals surface area contributed by atoms with Crippen LogP contribution in [-0.4, -0.2) is 16.2 Å². The molecule has 1 heterocycles. The van der Waals surface area contributed by atoms with Gasteiger partial charge in [0.05, 0.1) is 12.3 Å². The molecule has 4 nitrogen and oxygen atoms in total. The summed E-state index contributed by atoms with van der Waals surface area (Å²) in [5.74, 6) is 1.35. The third-order valence-corrected chi connectivity index (χ3v) is 3.08. The summed E-state index contributed by atoms with van der Waals surface area (Å²) in [4.78, 5) is 4.17. The van der Waals surface area contributed by atoms with Gasteiger partial charge in [0.2, 0.25) is 5.95 Å². The summed E-state index contributed by atoms with van der Waals surface area (Å²) in [7, 11) is 1.89. The maximum Gasteiger partial charge on any atom is 0.201 e. The molecule has 2 aromatic rings. The first-order chi connectivity index (χ1) is 8.13. The lowest BCUT2D eigenvalue weighted by Gasteiger charge is -2.06. The highest BCUT2D eigenvalue weighted by Crippen LogP contribution is 2.30. The van der Waals surface area contributed by atoms with Gasteiger partial charge in [0.25, 0.3) is 0 Å². The number of aromatic nitrogens is 2. The molecular formula is C12H14BrN3O. The van der Waals surface area contributed by atoms with E-state index in [2.05, 4.69) is 20.9 Å². The fourth-order valence-corrected chi connectivity index (χ4v) is 2.35. The van der Waals surface area contributed by atoms with E-state index in [0.717, 1.165) is 21.6 Å². The van der Waals surface area contributed by atoms with Crippen molar-refractivity contribution in [2.75, 3.05) is 12.3 Å². The topological polar surface area (TPSA) is 53.1 Å². The maximum absolute atomic E-state index is 5.75. The lowest BCUT2D eigenvalue weighted by atomic mass is 10.1. The van der Waals surface area contributed by atoms with Crippen molar-refractivity contribution < 1.29 is 4.74 Å². The predicted molar refractivity (Wildman–Crippen MR) is 71.9 cm³/mol. The minimum Gasteiger partial charge on any atom is -0.494 e. The molecule has 0 fully saturated rings. The van der Waals surface area contributed by atoms with Crippen LogP contribution in [0.15, 0.2) is 28.9 Å². The first-order valence-electron chi connectivity index (χ1n) is 5.34. The summed E-state index contributed by atoms with van der Waals surface area (Å²) in [6.45, 7) is 2.63. The van der Waals surface area contributed by atoms with E-state index < -0.39 is 0 Å². The number of nitrogen functional groups attached to an aromatic ring is 1. The fraction of sp³-hybridized carbons (Fsp3) is 0.250. The standard InChI is InChI=1S/C12H14BrN3O/c1-3-17-9-6-4-8(5-7-9)10-11(13)15-12(14)16(10)2/h4-7H,3H2,1-2H3,(H2,14,15). The zero-order valence-electron chi connectivity index (χ0n) is 9.77.